The van der Waals surface area contributed by atoms with Crippen molar-refractivity contribution in [2.45, 2.75) is 25.3 Å². The fraction of sp³-hybridized carbons (Fsp3) is 0.462. The third kappa shape index (κ3) is 2.65. The summed E-state index contributed by atoms with van der Waals surface area (Å²) in [6, 6.07) is 6.51. The van der Waals surface area contributed by atoms with E-state index in [1.807, 2.05) is 13.1 Å². The van der Waals surface area contributed by atoms with Crippen LogP contribution in [0.15, 0.2) is 18.2 Å². The van der Waals surface area contributed by atoms with Gasteiger partial charge in [-0.25, -0.2) is 0 Å². The highest BCUT2D eigenvalue weighted by Gasteiger charge is 2.16. The summed E-state index contributed by atoms with van der Waals surface area (Å²) < 4.78 is 0. The molecule has 1 aliphatic rings. The highest BCUT2D eigenvalue weighted by molar-refractivity contribution is 5.93. The van der Waals surface area contributed by atoms with Crippen molar-refractivity contribution in [2.24, 2.45) is 5.73 Å². The Morgan fingerprint density at radius 2 is 2.29 bits per heavy atom. The number of nitrogens with one attached hydrogen (secondary N) is 2. The number of carbonyl (C=O) groups excluding carboxylic acids is 1. The molecule has 0 spiro atoms. The lowest BCUT2D eigenvalue weighted by Crippen LogP contribution is -2.22. The van der Waals surface area contributed by atoms with Gasteiger partial charge in [0.25, 0.3) is 0 Å². The van der Waals surface area contributed by atoms with Gasteiger partial charge in [-0.15, -0.1) is 0 Å². The van der Waals surface area contributed by atoms with Gasteiger partial charge in [0.15, 0.2) is 0 Å². The van der Waals surface area contributed by atoms with E-state index >= 15 is 0 Å². The molecule has 1 unspecified atom stereocenters. The fourth-order valence-electron chi connectivity index (χ4n) is 2.26. The van der Waals surface area contributed by atoms with E-state index < -0.39 is 0 Å². The first-order chi connectivity index (χ1) is 8.24. The van der Waals surface area contributed by atoms with Crippen LogP contribution >= 0.6 is 0 Å². The molecule has 1 aromatic rings. The molecule has 0 aromatic heterocycles. The molecule has 0 saturated heterocycles. The molecule has 4 N–H and O–H groups in total. The number of hydrogen-bond acceptors (Lipinski definition) is 3. The Hall–Kier alpha value is -1.39. The first kappa shape index (κ1) is 12.1. The van der Waals surface area contributed by atoms with E-state index in [0.717, 1.165) is 18.5 Å². The van der Waals surface area contributed by atoms with E-state index in [1.54, 1.807) is 0 Å². The van der Waals surface area contributed by atoms with Crippen LogP contribution in [0, 0.1) is 0 Å². The summed E-state index contributed by atoms with van der Waals surface area (Å²) >= 11 is 0. The summed E-state index contributed by atoms with van der Waals surface area (Å²) in [5.74, 6) is 0.109. The molecule has 0 fully saturated rings. The number of aryl methyl sites for hydroxylation is 1. The summed E-state index contributed by atoms with van der Waals surface area (Å²) in [5.41, 5.74) is 9.02. The lowest BCUT2D eigenvalue weighted by Gasteiger charge is -2.21. The Balaban J connectivity index is 2.23. The zero-order valence-corrected chi connectivity index (χ0v) is 10.1. The monoisotopic (exact) mass is 233 g/mol. The van der Waals surface area contributed by atoms with Crippen LogP contribution in [0.5, 0.6) is 0 Å². The van der Waals surface area contributed by atoms with Crippen molar-refractivity contribution < 1.29 is 4.79 Å². The van der Waals surface area contributed by atoms with Crippen LogP contribution in [0.4, 0.5) is 5.69 Å². The second-order valence-corrected chi connectivity index (χ2v) is 4.38. The Kier molecular flexibility index (Phi) is 3.76. The minimum Gasteiger partial charge on any atom is -0.330 e. The van der Waals surface area contributed by atoms with E-state index in [4.69, 9.17) is 5.73 Å². The van der Waals surface area contributed by atoms with Crippen molar-refractivity contribution in [3.8, 4) is 0 Å². The Bertz CT molecular complexity index is 417. The van der Waals surface area contributed by atoms with E-state index in [0.29, 0.717) is 19.0 Å². The molecule has 0 radical (unpaired) electrons. The minimum atomic E-state index is 0.109. The largest absolute Gasteiger partial charge is 0.330 e. The molecule has 1 atom stereocenters. The molecule has 1 aliphatic heterocycles. The van der Waals surface area contributed by atoms with Crippen LogP contribution in [-0.4, -0.2) is 19.5 Å². The number of amides is 1. The zero-order chi connectivity index (χ0) is 12.3. The van der Waals surface area contributed by atoms with Gasteiger partial charge in [-0.05, 0) is 43.6 Å². The normalized spacial score (nSPS) is 16.2. The second-order valence-electron chi connectivity index (χ2n) is 4.38. The lowest BCUT2D eigenvalue weighted by molar-refractivity contribution is -0.116. The average molecular weight is 233 g/mol. The maximum Gasteiger partial charge on any atom is 0.224 e. The molecule has 1 amide bonds. The van der Waals surface area contributed by atoms with Crippen LogP contribution in [0.2, 0.25) is 0 Å². The molecule has 4 nitrogen and oxygen atoms in total. The summed E-state index contributed by atoms with van der Waals surface area (Å²) in [4.78, 5) is 11.3. The van der Waals surface area contributed by atoms with Crippen LogP contribution in [0.25, 0.3) is 0 Å². The molecule has 17 heavy (non-hydrogen) atoms. The van der Waals surface area contributed by atoms with Crippen LogP contribution in [-0.2, 0) is 11.2 Å². The molecule has 92 valence electrons. The van der Waals surface area contributed by atoms with E-state index in [9.17, 15) is 4.79 Å². The maximum absolute atomic E-state index is 11.3. The van der Waals surface area contributed by atoms with Gasteiger partial charge < -0.3 is 16.4 Å². The third-order valence-corrected chi connectivity index (χ3v) is 3.23. The number of hydrogen-bond donors (Lipinski definition) is 3. The van der Waals surface area contributed by atoms with E-state index in [-0.39, 0.29) is 5.91 Å². The number of nitrogens with two attached hydrogens (primary N) is 1. The van der Waals surface area contributed by atoms with Gasteiger partial charge >= 0.3 is 0 Å². The van der Waals surface area contributed by atoms with Crippen molar-refractivity contribution in [3.05, 3.63) is 29.3 Å². The van der Waals surface area contributed by atoms with E-state index in [1.165, 1.54) is 11.1 Å². The molecule has 4 heteroatoms. The third-order valence-electron chi connectivity index (χ3n) is 3.23. The first-order valence-corrected chi connectivity index (χ1v) is 6.04. The number of benzene rings is 1. The summed E-state index contributed by atoms with van der Waals surface area (Å²) in [7, 11) is 1.95. The number of rotatable bonds is 4. The lowest BCUT2D eigenvalue weighted by atomic mass is 9.96. The van der Waals surface area contributed by atoms with Gasteiger partial charge in [0.1, 0.15) is 0 Å². The second kappa shape index (κ2) is 5.29. The fourth-order valence-corrected chi connectivity index (χ4v) is 2.26. The smallest absolute Gasteiger partial charge is 0.224 e. The Labute approximate surface area is 102 Å². The zero-order valence-electron chi connectivity index (χ0n) is 10.1. The van der Waals surface area contributed by atoms with Crippen molar-refractivity contribution in [1.82, 2.24) is 5.32 Å². The van der Waals surface area contributed by atoms with Gasteiger partial charge in [0.05, 0.1) is 0 Å². The van der Waals surface area contributed by atoms with Crippen LogP contribution < -0.4 is 16.4 Å². The number of anilines is 1. The molecule has 0 aliphatic carbocycles. The first-order valence-electron chi connectivity index (χ1n) is 6.04. The van der Waals surface area contributed by atoms with E-state index in [2.05, 4.69) is 22.8 Å². The Morgan fingerprint density at radius 3 is 3.00 bits per heavy atom. The molecule has 1 aromatic carbocycles. The van der Waals surface area contributed by atoms with Gasteiger partial charge in [-0.2, -0.15) is 0 Å². The quantitative estimate of drug-likeness (QED) is 0.731. The maximum atomic E-state index is 11.3. The van der Waals surface area contributed by atoms with Gasteiger partial charge in [-0.3, -0.25) is 4.79 Å². The Morgan fingerprint density at radius 1 is 1.47 bits per heavy atom. The van der Waals surface area contributed by atoms with Crippen LogP contribution in [0.1, 0.15) is 30.0 Å². The molecule has 0 bridgehead atoms. The number of carbonyl (C=O) groups is 1. The van der Waals surface area contributed by atoms with Crippen molar-refractivity contribution in [2.75, 3.05) is 18.9 Å². The van der Waals surface area contributed by atoms with Gasteiger partial charge in [0, 0.05) is 18.2 Å². The highest BCUT2D eigenvalue weighted by atomic mass is 16.1. The minimum absolute atomic E-state index is 0.109. The summed E-state index contributed by atoms with van der Waals surface area (Å²) in [5, 5.41) is 6.16. The van der Waals surface area contributed by atoms with Crippen molar-refractivity contribution in [3.63, 3.8) is 0 Å². The molecule has 2 rings (SSSR count). The summed E-state index contributed by atoms with van der Waals surface area (Å²) in [6.45, 7) is 0.666. The van der Waals surface area contributed by atoms with Gasteiger partial charge in [-0.1, -0.05) is 12.1 Å². The average Bonchev–Trinajstić information content (AvgIpc) is 2.35. The molecule has 0 saturated carbocycles. The molecular weight excluding hydrogens is 214 g/mol. The highest BCUT2D eigenvalue weighted by Crippen LogP contribution is 2.26. The number of fused-ring (bicyclic) bond motifs is 1. The van der Waals surface area contributed by atoms with Crippen molar-refractivity contribution >= 4 is 11.6 Å². The van der Waals surface area contributed by atoms with Crippen molar-refractivity contribution in [1.29, 1.82) is 0 Å². The van der Waals surface area contributed by atoms with Gasteiger partial charge in [0.2, 0.25) is 5.91 Å². The SMILES string of the molecule is CNC(CCN)c1ccc2c(c1)CCC(=O)N2. The van der Waals surface area contributed by atoms with Crippen LogP contribution in [0.3, 0.4) is 0 Å². The summed E-state index contributed by atoms with van der Waals surface area (Å²) in [6.07, 6.45) is 2.33. The topological polar surface area (TPSA) is 67.1 Å². The standard InChI is InChI=1S/C13H19N3O/c1-15-11(6-7-14)9-2-4-12-10(8-9)3-5-13(17)16-12/h2,4,8,11,15H,3,5-7,14H2,1H3,(H,16,17). The molecule has 1 heterocycles. The molecular formula is C13H19N3O. The predicted molar refractivity (Wildman–Crippen MR) is 68.9 cm³/mol. The predicted octanol–water partition coefficient (Wildman–Crippen LogP) is 1.18.